The van der Waals surface area contributed by atoms with Crippen LogP contribution in [0, 0.1) is 11.3 Å². The average Bonchev–Trinajstić information content (AvgIpc) is 2.80. The molecule has 0 bridgehead atoms. The van der Waals surface area contributed by atoms with E-state index in [1.165, 1.54) is 0 Å². The predicted octanol–water partition coefficient (Wildman–Crippen LogP) is 1.61. The molecular formula is C15H25NO3S. The summed E-state index contributed by atoms with van der Waals surface area (Å²) in [5.74, 6) is 2.72. The second kappa shape index (κ2) is 5.59. The summed E-state index contributed by atoms with van der Waals surface area (Å²) in [4.78, 5) is 12.9. The number of carbonyl (C=O) groups is 1. The molecule has 0 aliphatic carbocycles. The van der Waals surface area contributed by atoms with Crippen LogP contribution < -0.4 is 5.73 Å². The number of hydrogen-bond acceptors (Lipinski definition) is 5. The van der Waals surface area contributed by atoms with Gasteiger partial charge in [-0.05, 0) is 44.1 Å². The lowest BCUT2D eigenvalue weighted by Gasteiger charge is -2.44. The Bertz CT molecular complexity index is 378. The molecule has 0 aromatic rings. The molecule has 3 aliphatic rings. The lowest BCUT2D eigenvalue weighted by Crippen LogP contribution is -2.51. The highest BCUT2D eigenvalue weighted by atomic mass is 32.2. The van der Waals surface area contributed by atoms with Gasteiger partial charge in [-0.25, -0.2) is 0 Å². The van der Waals surface area contributed by atoms with E-state index in [2.05, 4.69) is 0 Å². The van der Waals surface area contributed by atoms with Crippen LogP contribution in [0.3, 0.4) is 0 Å². The van der Waals surface area contributed by atoms with E-state index in [1.807, 2.05) is 18.7 Å². The van der Waals surface area contributed by atoms with Crippen LogP contribution in [0.15, 0.2) is 0 Å². The quantitative estimate of drug-likeness (QED) is 0.839. The highest BCUT2D eigenvalue weighted by molar-refractivity contribution is 7.99. The van der Waals surface area contributed by atoms with Gasteiger partial charge in [0.1, 0.15) is 5.78 Å². The Hall–Kier alpha value is -0.100. The second-order valence-corrected chi connectivity index (χ2v) is 7.96. The van der Waals surface area contributed by atoms with Crippen molar-refractivity contribution < 1.29 is 14.3 Å². The smallest absolute Gasteiger partial charge is 0.145 e. The van der Waals surface area contributed by atoms with Crippen LogP contribution in [0.25, 0.3) is 0 Å². The SMILES string of the molecule is CC1(C(=O)C2CCOC3(CCSCC3)C2)COCC1N. The molecule has 1 spiro atoms. The lowest BCUT2D eigenvalue weighted by molar-refractivity contribution is -0.147. The highest BCUT2D eigenvalue weighted by Gasteiger charge is 2.49. The maximum atomic E-state index is 12.9. The van der Waals surface area contributed by atoms with E-state index in [4.69, 9.17) is 15.2 Å². The van der Waals surface area contributed by atoms with Gasteiger partial charge in [-0.1, -0.05) is 0 Å². The van der Waals surface area contributed by atoms with Gasteiger partial charge in [0.05, 0.1) is 24.2 Å². The van der Waals surface area contributed by atoms with E-state index in [0.717, 1.165) is 37.2 Å². The number of thioether (sulfide) groups is 1. The molecule has 0 aromatic heterocycles. The minimum absolute atomic E-state index is 0.0380. The van der Waals surface area contributed by atoms with Gasteiger partial charge in [-0.15, -0.1) is 0 Å². The van der Waals surface area contributed by atoms with Crippen molar-refractivity contribution in [3.05, 3.63) is 0 Å². The minimum atomic E-state index is -0.493. The second-order valence-electron chi connectivity index (χ2n) is 6.74. The Morgan fingerprint density at radius 1 is 1.35 bits per heavy atom. The first-order valence-electron chi connectivity index (χ1n) is 7.65. The number of Topliss-reactive ketones (excluding diaryl/α,β-unsaturated/α-hetero) is 1. The van der Waals surface area contributed by atoms with E-state index in [1.54, 1.807) is 0 Å². The molecule has 3 aliphatic heterocycles. The lowest BCUT2D eigenvalue weighted by atomic mass is 9.70. The Morgan fingerprint density at radius 3 is 2.75 bits per heavy atom. The van der Waals surface area contributed by atoms with Crippen LogP contribution in [0.2, 0.25) is 0 Å². The van der Waals surface area contributed by atoms with Crippen LogP contribution in [-0.2, 0) is 14.3 Å². The summed E-state index contributed by atoms with van der Waals surface area (Å²) >= 11 is 1.99. The molecule has 114 valence electrons. The number of carbonyl (C=O) groups excluding carboxylic acids is 1. The van der Waals surface area contributed by atoms with Crippen molar-refractivity contribution in [3.63, 3.8) is 0 Å². The van der Waals surface area contributed by atoms with Gasteiger partial charge in [0, 0.05) is 18.6 Å². The Kier molecular flexibility index (Phi) is 4.15. The maximum Gasteiger partial charge on any atom is 0.145 e. The summed E-state index contributed by atoms with van der Waals surface area (Å²) in [5.41, 5.74) is 5.58. The molecular weight excluding hydrogens is 274 g/mol. The van der Waals surface area contributed by atoms with Gasteiger partial charge in [-0.2, -0.15) is 11.8 Å². The van der Waals surface area contributed by atoms with Gasteiger partial charge in [0.2, 0.25) is 0 Å². The van der Waals surface area contributed by atoms with Gasteiger partial charge >= 0.3 is 0 Å². The molecule has 2 N–H and O–H groups in total. The highest BCUT2D eigenvalue weighted by Crippen LogP contribution is 2.43. The molecule has 0 radical (unpaired) electrons. The summed E-state index contributed by atoms with van der Waals surface area (Å²) in [6, 6.07) is -0.157. The fourth-order valence-corrected chi connectivity index (χ4v) is 4.99. The van der Waals surface area contributed by atoms with Crippen LogP contribution in [0.5, 0.6) is 0 Å². The largest absolute Gasteiger partial charge is 0.379 e. The monoisotopic (exact) mass is 299 g/mol. The zero-order valence-electron chi connectivity index (χ0n) is 12.2. The van der Waals surface area contributed by atoms with E-state index in [9.17, 15) is 4.79 Å². The fraction of sp³-hybridized carbons (Fsp3) is 0.933. The third-order valence-electron chi connectivity index (χ3n) is 5.35. The van der Waals surface area contributed by atoms with Crippen molar-refractivity contribution in [2.75, 3.05) is 31.3 Å². The van der Waals surface area contributed by atoms with Gasteiger partial charge in [0.25, 0.3) is 0 Å². The number of ketones is 1. The summed E-state index contributed by atoms with van der Waals surface area (Å²) in [6.45, 7) is 3.68. The average molecular weight is 299 g/mol. The molecule has 3 fully saturated rings. The van der Waals surface area contributed by atoms with Crippen molar-refractivity contribution >= 4 is 17.5 Å². The van der Waals surface area contributed by atoms with Crippen molar-refractivity contribution in [2.45, 2.75) is 44.2 Å². The first-order chi connectivity index (χ1) is 9.56. The predicted molar refractivity (Wildman–Crippen MR) is 79.9 cm³/mol. The third kappa shape index (κ3) is 2.54. The van der Waals surface area contributed by atoms with E-state index >= 15 is 0 Å². The number of ether oxygens (including phenoxy) is 2. The summed E-state index contributed by atoms with van der Waals surface area (Å²) in [7, 11) is 0. The molecule has 3 rings (SSSR count). The molecule has 3 saturated heterocycles. The normalized spacial score (nSPS) is 40.9. The molecule has 3 unspecified atom stereocenters. The number of rotatable bonds is 2. The van der Waals surface area contributed by atoms with Crippen LogP contribution in [-0.4, -0.2) is 48.8 Å². The first kappa shape index (κ1) is 14.8. The Labute approximate surface area is 125 Å². The van der Waals surface area contributed by atoms with Crippen molar-refractivity contribution in [3.8, 4) is 0 Å². The molecule has 0 saturated carbocycles. The number of nitrogens with two attached hydrogens (primary N) is 1. The molecule has 0 aromatic carbocycles. The molecule has 5 heteroatoms. The zero-order chi connectivity index (χ0) is 14.2. The van der Waals surface area contributed by atoms with E-state index in [-0.39, 0.29) is 17.6 Å². The molecule has 20 heavy (non-hydrogen) atoms. The van der Waals surface area contributed by atoms with Crippen molar-refractivity contribution in [1.29, 1.82) is 0 Å². The fourth-order valence-electron chi connectivity index (χ4n) is 3.75. The first-order valence-corrected chi connectivity index (χ1v) is 8.81. The molecule has 3 heterocycles. The van der Waals surface area contributed by atoms with Gasteiger partial charge in [-0.3, -0.25) is 4.79 Å². The van der Waals surface area contributed by atoms with Crippen LogP contribution in [0.1, 0.15) is 32.6 Å². The van der Waals surface area contributed by atoms with Crippen molar-refractivity contribution in [1.82, 2.24) is 0 Å². The van der Waals surface area contributed by atoms with Gasteiger partial charge in [0.15, 0.2) is 0 Å². The zero-order valence-corrected chi connectivity index (χ0v) is 13.0. The van der Waals surface area contributed by atoms with E-state index in [0.29, 0.717) is 25.6 Å². The molecule has 3 atom stereocenters. The summed E-state index contributed by atoms with van der Waals surface area (Å²) in [5, 5.41) is 0. The minimum Gasteiger partial charge on any atom is -0.379 e. The Balaban J connectivity index is 1.72. The molecule has 4 nitrogen and oxygen atoms in total. The van der Waals surface area contributed by atoms with Crippen LogP contribution >= 0.6 is 11.8 Å². The van der Waals surface area contributed by atoms with Gasteiger partial charge < -0.3 is 15.2 Å². The van der Waals surface area contributed by atoms with Crippen molar-refractivity contribution in [2.24, 2.45) is 17.1 Å². The Morgan fingerprint density at radius 2 is 2.10 bits per heavy atom. The maximum absolute atomic E-state index is 12.9. The standard InChI is InChI=1S/C15H25NO3S/c1-14(10-18-9-12(14)16)13(17)11-2-5-19-15(8-11)3-6-20-7-4-15/h11-12H,2-10,16H2,1H3. The summed E-state index contributed by atoms with van der Waals surface area (Å²) in [6.07, 6.45) is 3.90. The third-order valence-corrected chi connectivity index (χ3v) is 6.33. The number of hydrogen-bond donors (Lipinski definition) is 1. The topological polar surface area (TPSA) is 61.5 Å². The summed E-state index contributed by atoms with van der Waals surface area (Å²) < 4.78 is 11.5. The molecule has 0 amide bonds. The van der Waals surface area contributed by atoms with E-state index < -0.39 is 5.41 Å². The van der Waals surface area contributed by atoms with Crippen LogP contribution in [0.4, 0.5) is 0 Å².